The molecule has 2 N–H and O–H groups in total. The minimum Gasteiger partial charge on any atom is -0.468 e. The molecule has 1 amide bonds. The number of hydrogen-bond donors (Lipinski definition) is 2. The number of ether oxygens (including phenoxy) is 3. The lowest BCUT2D eigenvalue weighted by molar-refractivity contribution is -0.247. The predicted octanol–water partition coefficient (Wildman–Crippen LogP) is 0.240. The summed E-state index contributed by atoms with van der Waals surface area (Å²) in [5.74, 6) is -0.263. The van der Waals surface area contributed by atoms with Crippen LogP contribution in [-0.4, -0.2) is 59.1 Å². The van der Waals surface area contributed by atoms with Crippen LogP contribution >= 0.6 is 0 Å². The van der Waals surface area contributed by atoms with Crippen LogP contribution in [-0.2, 0) is 26.3 Å². The van der Waals surface area contributed by atoms with Crippen LogP contribution in [0.1, 0.15) is 24.0 Å². The maximum atomic E-state index is 13.1. The predicted molar refractivity (Wildman–Crippen MR) is 94.5 cm³/mol. The molecule has 3 heterocycles. The summed E-state index contributed by atoms with van der Waals surface area (Å²) in [6.45, 7) is 4.12. The van der Waals surface area contributed by atoms with Gasteiger partial charge < -0.3 is 29.3 Å². The van der Waals surface area contributed by atoms with Gasteiger partial charge in [0.2, 0.25) is 6.79 Å². The minimum absolute atomic E-state index is 0.0738. The zero-order valence-electron chi connectivity index (χ0n) is 15.4. The van der Waals surface area contributed by atoms with Crippen molar-refractivity contribution < 1.29 is 34.0 Å². The lowest BCUT2D eigenvalue weighted by Gasteiger charge is -2.65. The van der Waals surface area contributed by atoms with Crippen LogP contribution in [0.25, 0.3) is 0 Å². The zero-order chi connectivity index (χ0) is 19.9. The van der Waals surface area contributed by atoms with Crippen LogP contribution in [0.2, 0.25) is 0 Å². The Labute approximate surface area is 161 Å². The number of hydrogen-bond acceptors (Lipinski definition) is 7. The summed E-state index contributed by atoms with van der Waals surface area (Å²) in [6.07, 6.45) is 0.811. The largest absolute Gasteiger partial charge is 0.468 e. The highest BCUT2D eigenvalue weighted by molar-refractivity contribution is 5.99. The van der Waals surface area contributed by atoms with Gasteiger partial charge >= 0.3 is 5.97 Å². The Morgan fingerprint density at radius 2 is 2.11 bits per heavy atom. The molecule has 2 fully saturated rings. The van der Waals surface area contributed by atoms with Crippen LogP contribution in [0.3, 0.4) is 0 Å². The average molecular weight is 387 g/mol. The van der Waals surface area contributed by atoms with E-state index in [0.717, 1.165) is 5.56 Å². The summed E-state index contributed by atoms with van der Waals surface area (Å²) >= 11 is 0. The highest BCUT2D eigenvalue weighted by Gasteiger charge is 2.87. The van der Waals surface area contributed by atoms with Gasteiger partial charge in [-0.25, -0.2) is 0 Å². The molecule has 8 heteroatoms. The monoisotopic (exact) mass is 387 g/mol. The van der Waals surface area contributed by atoms with E-state index in [1.54, 1.807) is 6.07 Å². The average Bonchev–Trinajstić information content (AvgIpc) is 3.13. The standard InChI is InChI=1S/C20H21NO7/c1-3-18(25)9-19(17(24)26-2)15(22)16(23)21-6-4-5-11-7-13-14(28-10-27-13)8-12(11)20(18,19)21/h3,7-8,15,22,25H,1,4-6,9-10H2,2H3/t15-,18-,19-,20-/m0/s1. The Hall–Kier alpha value is -2.58. The Morgan fingerprint density at radius 1 is 1.39 bits per heavy atom. The first-order chi connectivity index (χ1) is 13.4. The molecule has 0 unspecified atom stereocenters. The van der Waals surface area contributed by atoms with Gasteiger partial charge in [0.05, 0.1) is 7.11 Å². The van der Waals surface area contributed by atoms with Crippen molar-refractivity contribution in [3.05, 3.63) is 35.9 Å². The molecular weight excluding hydrogens is 366 g/mol. The van der Waals surface area contributed by atoms with Crippen molar-refractivity contribution in [1.29, 1.82) is 0 Å². The van der Waals surface area contributed by atoms with Crippen molar-refractivity contribution in [2.24, 2.45) is 5.41 Å². The van der Waals surface area contributed by atoms with Crippen molar-refractivity contribution in [2.75, 3.05) is 20.4 Å². The molecular formula is C20H21NO7. The summed E-state index contributed by atoms with van der Waals surface area (Å²) < 4.78 is 16.0. The van der Waals surface area contributed by atoms with Crippen LogP contribution in [0.5, 0.6) is 11.5 Å². The van der Waals surface area contributed by atoms with Gasteiger partial charge in [-0.3, -0.25) is 9.59 Å². The van der Waals surface area contributed by atoms with Gasteiger partial charge in [-0.1, -0.05) is 6.08 Å². The Balaban J connectivity index is 1.88. The molecule has 1 saturated carbocycles. The first-order valence-electron chi connectivity index (χ1n) is 9.24. The Morgan fingerprint density at radius 3 is 2.79 bits per heavy atom. The lowest BCUT2D eigenvalue weighted by Crippen LogP contribution is -2.78. The molecule has 28 heavy (non-hydrogen) atoms. The van der Waals surface area contributed by atoms with Gasteiger partial charge in [0.1, 0.15) is 16.6 Å². The fraction of sp³-hybridized carbons (Fsp3) is 0.500. The van der Waals surface area contributed by atoms with E-state index >= 15 is 0 Å². The first-order valence-corrected chi connectivity index (χ1v) is 9.24. The summed E-state index contributed by atoms with van der Waals surface area (Å²) in [4.78, 5) is 27.5. The highest BCUT2D eigenvalue weighted by atomic mass is 16.7. The zero-order valence-corrected chi connectivity index (χ0v) is 15.4. The van der Waals surface area contributed by atoms with Crippen LogP contribution in [0.4, 0.5) is 0 Å². The maximum Gasteiger partial charge on any atom is 0.318 e. The van der Waals surface area contributed by atoms with Crippen molar-refractivity contribution >= 4 is 11.9 Å². The summed E-state index contributed by atoms with van der Waals surface area (Å²) in [7, 11) is 1.22. The topological polar surface area (TPSA) is 106 Å². The second-order valence-corrected chi connectivity index (χ2v) is 7.84. The molecule has 8 nitrogen and oxygen atoms in total. The van der Waals surface area contributed by atoms with E-state index < -0.39 is 34.5 Å². The molecule has 3 aliphatic heterocycles. The number of methoxy groups -OCH3 is 1. The van der Waals surface area contributed by atoms with Crippen LogP contribution in [0.15, 0.2) is 24.8 Å². The molecule has 1 spiro atoms. The Kier molecular flexibility index (Phi) is 3.30. The molecule has 1 aromatic carbocycles. The number of fused-ring (bicyclic) bond motifs is 2. The lowest BCUT2D eigenvalue weighted by atomic mass is 9.43. The number of carbonyl (C=O) groups excluding carboxylic acids is 2. The first kappa shape index (κ1) is 17.5. The Bertz CT molecular complexity index is 929. The number of benzene rings is 1. The van der Waals surface area contributed by atoms with Crippen LogP contribution in [0, 0.1) is 5.41 Å². The third-order valence-corrected chi connectivity index (χ3v) is 6.90. The fourth-order valence-corrected chi connectivity index (χ4v) is 5.84. The van der Waals surface area contributed by atoms with Gasteiger partial charge in [0, 0.05) is 13.0 Å². The van der Waals surface area contributed by atoms with E-state index in [9.17, 15) is 19.8 Å². The van der Waals surface area contributed by atoms with E-state index in [-0.39, 0.29) is 19.8 Å². The second kappa shape index (κ2) is 5.27. The van der Waals surface area contributed by atoms with Gasteiger partial charge in [-0.15, -0.1) is 6.58 Å². The van der Waals surface area contributed by atoms with E-state index in [1.807, 2.05) is 6.07 Å². The maximum absolute atomic E-state index is 13.1. The van der Waals surface area contributed by atoms with Gasteiger partial charge in [-0.2, -0.15) is 0 Å². The smallest absolute Gasteiger partial charge is 0.318 e. The van der Waals surface area contributed by atoms with Gasteiger partial charge in [-0.05, 0) is 36.1 Å². The molecule has 0 radical (unpaired) electrons. The molecule has 1 aromatic rings. The van der Waals surface area contributed by atoms with E-state index in [0.29, 0.717) is 29.9 Å². The van der Waals surface area contributed by atoms with Crippen molar-refractivity contribution in [3.8, 4) is 11.5 Å². The van der Waals surface area contributed by atoms with E-state index in [2.05, 4.69) is 6.58 Å². The quantitative estimate of drug-likeness (QED) is 0.553. The molecule has 0 aromatic heterocycles. The number of nitrogens with zero attached hydrogens (tertiary/aromatic N) is 1. The molecule has 148 valence electrons. The number of aryl methyl sites for hydroxylation is 1. The van der Waals surface area contributed by atoms with Crippen molar-refractivity contribution in [1.82, 2.24) is 4.90 Å². The van der Waals surface area contributed by atoms with Gasteiger partial charge in [0.15, 0.2) is 17.6 Å². The van der Waals surface area contributed by atoms with Crippen LogP contribution < -0.4 is 9.47 Å². The normalized spacial score (nSPS) is 37.3. The third kappa shape index (κ3) is 1.58. The molecule has 1 saturated heterocycles. The molecule has 1 aliphatic carbocycles. The van der Waals surface area contributed by atoms with E-state index in [1.165, 1.54) is 18.1 Å². The number of amides is 1. The minimum atomic E-state index is -1.63. The number of rotatable bonds is 2. The number of aliphatic hydroxyl groups is 2. The SMILES string of the molecule is C=C[C@]1(O)C[C@@]2(C(=O)OC)[C@@H](O)C(=O)N3CCCc4cc5c(cc4[C@]312)OCO5. The number of aliphatic hydroxyl groups excluding tert-OH is 1. The highest BCUT2D eigenvalue weighted by Crippen LogP contribution is 2.72. The molecule has 4 aliphatic rings. The number of esters is 1. The summed E-state index contributed by atoms with van der Waals surface area (Å²) in [6, 6.07) is 3.54. The van der Waals surface area contributed by atoms with E-state index in [4.69, 9.17) is 14.2 Å². The summed E-state index contributed by atoms with van der Waals surface area (Å²) in [5, 5.41) is 22.4. The third-order valence-electron chi connectivity index (χ3n) is 6.90. The fourth-order valence-electron chi connectivity index (χ4n) is 5.84. The summed E-state index contributed by atoms with van der Waals surface area (Å²) in [5.41, 5.74) is -3.35. The second-order valence-electron chi connectivity index (χ2n) is 7.84. The number of carbonyl (C=O) groups is 2. The van der Waals surface area contributed by atoms with Gasteiger partial charge in [0.25, 0.3) is 5.91 Å². The molecule has 0 bridgehead atoms. The molecule has 4 atom stereocenters. The van der Waals surface area contributed by atoms with Crippen molar-refractivity contribution in [2.45, 2.75) is 36.5 Å². The molecule has 5 rings (SSSR count). The van der Waals surface area contributed by atoms with Crippen molar-refractivity contribution in [3.63, 3.8) is 0 Å².